The first kappa shape index (κ1) is 17.9. The number of amides is 1. The number of aromatic nitrogens is 1. The largest absolute Gasteiger partial charge is 0.354 e. The lowest BCUT2D eigenvalue weighted by Gasteiger charge is -2.37. The summed E-state index contributed by atoms with van der Waals surface area (Å²) in [6, 6.07) is 12.2. The van der Waals surface area contributed by atoms with Crippen LogP contribution in [-0.4, -0.2) is 59.7 Å². The van der Waals surface area contributed by atoms with Gasteiger partial charge in [0.15, 0.2) is 0 Å². The molecule has 6 nitrogen and oxygen atoms in total. The summed E-state index contributed by atoms with van der Waals surface area (Å²) in [5.41, 5.74) is 3.47. The minimum atomic E-state index is -0.177. The molecule has 6 heteroatoms. The minimum absolute atomic E-state index is 0.0671. The summed E-state index contributed by atoms with van der Waals surface area (Å²) in [5.74, 6) is 1.08. The van der Waals surface area contributed by atoms with Crippen LogP contribution in [0.1, 0.15) is 16.7 Å². The van der Waals surface area contributed by atoms with Crippen LogP contribution in [0.2, 0.25) is 0 Å². The Bertz CT molecular complexity index is 783. The van der Waals surface area contributed by atoms with Gasteiger partial charge in [-0.05, 0) is 31.0 Å². The fraction of sp³-hybridized carbons (Fsp3) is 0.429. The van der Waals surface area contributed by atoms with Gasteiger partial charge in [-0.3, -0.25) is 14.5 Å². The SMILES string of the molecule is Cc1ccc(CN2OCC(N3CCN(c4ccc(C)cn4)CC3)C2=O)cc1. The quantitative estimate of drug-likeness (QED) is 0.830. The van der Waals surface area contributed by atoms with E-state index in [2.05, 4.69) is 46.0 Å². The molecule has 0 bridgehead atoms. The molecule has 1 atom stereocenters. The van der Waals surface area contributed by atoms with Gasteiger partial charge in [0.25, 0.3) is 5.91 Å². The van der Waals surface area contributed by atoms with Crippen LogP contribution in [0.25, 0.3) is 0 Å². The predicted molar refractivity (Wildman–Crippen MR) is 104 cm³/mol. The number of piperazine rings is 1. The highest BCUT2D eigenvalue weighted by Gasteiger charge is 2.38. The van der Waals surface area contributed by atoms with E-state index in [1.807, 2.05) is 25.3 Å². The fourth-order valence-electron chi connectivity index (χ4n) is 3.62. The van der Waals surface area contributed by atoms with Gasteiger partial charge in [-0.2, -0.15) is 0 Å². The third-order valence-corrected chi connectivity index (χ3v) is 5.34. The van der Waals surface area contributed by atoms with E-state index in [0.717, 1.165) is 37.6 Å². The maximum absolute atomic E-state index is 12.8. The van der Waals surface area contributed by atoms with Crippen LogP contribution in [0.15, 0.2) is 42.6 Å². The molecule has 142 valence electrons. The number of pyridine rings is 1. The molecule has 0 saturated carbocycles. The van der Waals surface area contributed by atoms with E-state index < -0.39 is 0 Å². The molecule has 4 rings (SSSR count). The average molecular weight is 366 g/mol. The normalized spacial score (nSPS) is 21.1. The van der Waals surface area contributed by atoms with Crippen molar-refractivity contribution in [2.24, 2.45) is 0 Å². The molecule has 0 N–H and O–H groups in total. The standard InChI is InChI=1S/C21H26N4O2/c1-16-3-6-18(7-4-16)14-25-21(26)19(15-27-25)23-9-11-24(12-10-23)20-8-5-17(2)13-22-20/h3-8,13,19H,9-12,14-15H2,1-2H3. The zero-order chi connectivity index (χ0) is 18.8. The van der Waals surface area contributed by atoms with Crippen LogP contribution in [0.3, 0.4) is 0 Å². The highest BCUT2D eigenvalue weighted by Crippen LogP contribution is 2.21. The third-order valence-electron chi connectivity index (χ3n) is 5.34. The van der Waals surface area contributed by atoms with E-state index in [1.165, 1.54) is 16.2 Å². The van der Waals surface area contributed by atoms with Gasteiger partial charge in [-0.15, -0.1) is 0 Å². The molecule has 1 aromatic carbocycles. The summed E-state index contributed by atoms with van der Waals surface area (Å²) in [7, 11) is 0. The summed E-state index contributed by atoms with van der Waals surface area (Å²) < 4.78 is 0. The molecule has 27 heavy (non-hydrogen) atoms. The molecule has 2 aromatic rings. The maximum atomic E-state index is 12.8. The Morgan fingerprint density at radius 1 is 1.00 bits per heavy atom. The fourth-order valence-corrected chi connectivity index (χ4v) is 3.62. The summed E-state index contributed by atoms with van der Waals surface area (Å²) >= 11 is 0. The Labute approximate surface area is 160 Å². The van der Waals surface area contributed by atoms with Gasteiger partial charge < -0.3 is 4.90 Å². The summed E-state index contributed by atoms with van der Waals surface area (Å²) in [5, 5.41) is 1.52. The van der Waals surface area contributed by atoms with Crippen molar-refractivity contribution in [3.05, 3.63) is 59.3 Å². The molecule has 0 radical (unpaired) electrons. The summed E-state index contributed by atoms with van der Waals surface area (Å²) in [4.78, 5) is 27.5. The topological polar surface area (TPSA) is 48.9 Å². The third kappa shape index (κ3) is 3.96. The second-order valence-electron chi connectivity index (χ2n) is 7.39. The maximum Gasteiger partial charge on any atom is 0.266 e. The first-order valence-corrected chi connectivity index (χ1v) is 9.51. The van der Waals surface area contributed by atoms with Crippen molar-refractivity contribution in [3.63, 3.8) is 0 Å². The lowest BCUT2D eigenvalue weighted by Crippen LogP contribution is -2.53. The van der Waals surface area contributed by atoms with Crippen molar-refractivity contribution in [1.82, 2.24) is 14.9 Å². The number of aryl methyl sites for hydroxylation is 2. The Kier molecular flexibility index (Phi) is 5.09. The summed E-state index contributed by atoms with van der Waals surface area (Å²) in [6.45, 7) is 8.47. The molecule has 1 unspecified atom stereocenters. The number of hydrogen-bond donors (Lipinski definition) is 0. The first-order valence-electron chi connectivity index (χ1n) is 9.51. The number of carbonyl (C=O) groups is 1. The highest BCUT2D eigenvalue weighted by atomic mass is 16.7. The van der Waals surface area contributed by atoms with Crippen LogP contribution in [0, 0.1) is 13.8 Å². The zero-order valence-electron chi connectivity index (χ0n) is 16.0. The van der Waals surface area contributed by atoms with Gasteiger partial charge in [-0.25, -0.2) is 10.0 Å². The molecular formula is C21H26N4O2. The van der Waals surface area contributed by atoms with E-state index in [4.69, 9.17) is 4.84 Å². The number of hydroxylamine groups is 2. The van der Waals surface area contributed by atoms with Gasteiger partial charge in [-0.1, -0.05) is 35.9 Å². The number of anilines is 1. The van der Waals surface area contributed by atoms with E-state index in [9.17, 15) is 4.79 Å². The van der Waals surface area contributed by atoms with Gasteiger partial charge in [0.2, 0.25) is 0 Å². The number of carbonyl (C=O) groups excluding carboxylic acids is 1. The first-order chi connectivity index (χ1) is 13.1. The monoisotopic (exact) mass is 366 g/mol. The Morgan fingerprint density at radius 2 is 1.70 bits per heavy atom. The second kappa shape index (κ2) is 7.66. The van der Waals surface area contributed by atoms with Crippen molar-refractivity contribution in [1.29, 1.82) is 0 Å². The molecule has 1 amide bonds. The van der Waals surface area contributed by atoms with E-state index in [-0.39, 0.29) is 11.9 Å². The number of hydrogen-bond acceptors (Lipinski definition) is 5. The van der Waals surface area contributed by atoms with Crippen molar-refractivity contribution < 1.29 is 9.63 Å². The van der Waals surface area contributed by atoms with Crippen LogP contribution in [0.4, 0.5) is 5.82 Å². The molecular weight excluding hydrogens is 340 g/mol. The van der Waals surface area contributed by atoms with Gasteiger partial charge in [0, 0.05) is 32.4 Å². The summed E-state index contributed by atoms with van der Waals surface area (Å²) in [6.07, 6.45) is 1.90. The Morgan fingerprint density at radius 3 is 2.37 bits per heavy atom. The lowest BCUT2D eigenvalue weighted by molar-refractivity contribution is -0.164. The molecule has 0 aliphatic carbocycles. The smallest absolute Gasteiger partial charge is 0.266 e. The molecule has 2 saturated heterocycles. The average Bonchev–Trinajstić information content (AvgIpc) is 3.05. The van der Waals surface area contributed by atoms with Gasteiger partial charge >= 0.3 is 0 Å². The Hall–Kier alpha value is -2.44. The molecule has 2 fully saturated rings. The number of rotatable bonds is 4. The van der Waals surface area contributed by atoms with Crippen LogP contribution < -0.4 is 4.90 Å². The van der Waals surface area contributed by atoms with Crippen molar-refractivity contribution in [2.75, 3.05) is 37.7 Å². The van der Waals surface area contributed by atoms with E-state index in [0.29, 0.717) is 13.2 Å². The van der Waals surface area contributed by atoms with Crippen LogP contribution in [0.5, 0.6) is 0 Å². The van der Waals surface area contributed by atoms with Crippen LogP contribution in [-0.2, 0) is 16.2 Å². The van der Waals surface area contributed by atoms with Gasteiger partial charge in [0.1, 0.15) is 11.9 Å². The van der Waals surface area contributed by atoms with E-state index in [1.54, 1.807) is 0 Å². The molecule has 3 heterocycles. The zero-order valence-corrected chi connectivity index (χ0v) is 16.0. The lowest BCUT2D eigenvalue weighted by atomic mass is 10.1. The Balaban J connectivity index is 1.33. The molecule has 2 aliphatic heterocycles. The highest BCUT2D eigenvalue weighted by molar-refractivity contribution is 5.82. The number of benzene rings is 1. The second-order valence-corrected chi connectivity index (χ2v) is 7.39. The van der Waals surface area contributed by atoms with E-state index >= 15 is 0 Å². The minimum Gasteiger partial charge on any atom is -0.354 e. The van der Waals surface area contributed by atoms with Crippen molar-refractivity contribution in [3.8, 4) is 0 Å². The predicted octanol–water partition coefficient (Wildman–Crippen LogP) is 2.16. The molecule has 2 aliphatic rings. The van der Waals surface area contributed by atoms with Crippen molar-refractivity contribution in [2.45, 2.75) is 26.4 Å². The van der Waals surface area contributed by atoms with Gasteiger partial charge in [0.05, 0.1) is 13.2 Å². The van der Waals surface area contributed by atoms with Crippen LogP contribution >= 0.6 is 0 Å². The van der Waals surface area contributed by atoms with Crippen molar-refractivity contribution >= 4 is 11.7 Å². The molecule has 1 aromatic heterocycles. The number of nitrogens with zero attached hydrogens (tertiary/aromatic N) is 4. The molecule has 0 spiro atoms.